The summed E-state index contributed by atoms with van der Waals surface area (Å²) in [6.07, 6.45) is 1.11. The lowest BCUT2D eigenvalue weighted by molar-refractivity contribution is -0.128. The van der Waals surface area contributed by atoms with Crippen LogP contribution in [0.3, 0.4) is 0 Å². The summed E-state index contributed by atoms with van der Waals surface area (Å²) in [6.45, 7) is 3.29. The number of hydrogen-bond donors (Lipinski definition) is 0. The summed E-state index contributed by atoms with van der Waals surface area (Å²) in [7, 11) is 1.55. The number of carbonyl (C=O) groups excluding carboxylic acids is 1. The van der Waals surface area contributed by atoms with Gasteiger partial charge < -0.3 is 9.47 Å². The van der Waals surface area contributed by atoms with Crippen molar-refractivity contribution in [2.24, 2.45) is 0 Å². The summed E-state index contributed by atoms with van der Waals surface area (Å²) in [5, 5.41) is 0. The van der Waals surface area contributed by atoms with Crippen LogP contribution in [-0.4, -0.2) is 13.1 Å². The van der Waals surface area contributed by atoms with Crippen LogP contribution in [0.4, 0.5) is 0 Å². The maximum absolute atomic E-state index is 10.8. The average Bonchev–Trinajstić information content (AvgIpc) is 2.18. The molecule has 0 bridgehead atoms. The predicted molar refractivity (Wildman–Crippen MR) is 48.8 cm³/mol. The van der Waals surface area contributed by atoms with Crippen LogP contribution in [0.5, 0.6) is 11.5 Å². The van der Waals surface area contributed by atoms with Gasteiger partial charge in [0.25, 0.3) is 0 Å². The summed E-state index contributed by atoms with van der Waals surface area (Å²) in [4.78, 5) is 10.8. The standard InChI is InChI=1S/C10H10O3/c1-3-10(11)13-9-6-4-5-8(7-9)12-2/h3-7H,1H2,2H3. The van der Waals surface area contributed by atoms with E-state index in [1.807, 2.05) is 0 Å². The van der Waals surface area contributed by atoms with Gasteiger partial charge in [0.05, 0.1) is 7.11 Å². The van der Waals surface area contributed by atoms with Gasteiger partial charge in [-0.25, -0.2) is 4.79 Å². The number of esters is 1. The Morgan fingerprint density at radius 3 is 2.77 bits per heavy atom. The molecular weight excluding hydrogens is 168 g/mol. The monoisotopic (exact) mass is 178 g/mol. The fourth-order valence-electron chi connectivity index (χ4n) is 0.822. The third-order valence-electron chi connectivity index (χ3n) is 1.43. The van der Waals surface area contributed by atoms with E-state index in [4.69, 9.17) is 9.47 Å². The van der Waals surface area contributed by atoms with Gasteiger partial charge in [-0.1, -0.05) is 12.6 Å². The van der Waals surface area contributed by atoms with E-state index < -0.39 is 5.97 Å². The lowest BCUT2D eigenvalue weighted by Gasteiger charge is -2.03. The molecule has 0 spiro atoms. The Kier molecular flexibility index (Phi) is 3.09. The van der Waals surface area contributed by atoms with Crippen LogP contribution in [0.2, 0.25) is 0 Å². The minimum atomic E-state index is -0.478. The first-order valence-corrected chi connectivity index (χ1v) is 3.74. The molecular formula is C10H10O3. The maximum Gasteiger partial charge on any atom is 0.335 e. The van der Waals surface area contributed by atoms with Gasteiger partial charge >= 0.3 is 5.97 Å². The molecule has 0 N–H and O–H groups in total. The van der Waals surface area contributed by atoms with Crippen LogP contribution < -0.4 is 9.47 Å². The average molecular weight is 178 g/mol. The van der Waals surface area contributed by atoms with Gasteiger partial charge in [-0.05, 0) is 12.1 Å². The van der Waals surface area contributed by atoms with Gasteiger partial charge in [0.2, 0.25) is 0 Å². The Morgan fingerprint density at radius 2 is 2.15 bits per heavy atom. The molecule has 0 radical (unpaired) electrons. The van der Waals surface area contributed by atoms with Gasteiger partial charge in [-0.2, -0.15) is 0 Å². The minimum Gasteiger partial charge on any atom is -0.497 e. The van der Waals surface area contributed by atoms with Gasteiger partial charge in [0.15, 0.2) is 0 Å². The van der Waals surface area contributed by atoms with Crippen molar-refractivity contribution in [1.82, 2.24) is 0 Å². The molecule has 0 saturated heterocycles. The Bertz CT molecular complexity index is 318. The molecule has 3 nitrogen and oxygen atoms in total. The van der Waals surface area contributed by atoms with Crippen molar-refractivity contribution in [3.8, 4) is 11.5 Å². The summed E-state index contributed by atoms with van der Waals surface area (Å²) in [6, 6.07) is 6.81. The zero-order valence-corrected chi connectivity index (χ0v) is 7.32. The Balaban J connectivity index is 2.77. The minimum absolute atomic E-state index is 0.448. The molecule has 0 atom stereocenters. The van der Waals surface area contributed by atoms with E-state index in [-0.39, 0.29) is 0 Å². The summed E-state index contributed by atoms with van der Waals surface area (Å²) in [5.41, 5.74) is 0. The molecule has 0 saturated carbocycles. The molecule has 0 unspecified atom stereocenters. The first-order valence-electron chi connectivity index (χ1n) is 3.74. The van der Waals surface area contributed by atoms with Crippen molar-refractivity contribution in [3.63, 3.8) is 0 Å². The first-order chi connectivity index (χ1) is 6.26. The zero-order valence-electron chi connectivity index (χ0n) is 7.32. The number of carbonyl (C=O) groups is 1. The van der Waals surface area contributed by atoms with Crippen molar-refractivity contribution in [2.45, 2.75) is 0 Å². The molecule has 1 aromatic rings. The molecule has 0 aliphatic heterocycles. The molecule has 0 aliphatic rings. The van der Waals surface area contributed by atoms with Gasteiger partial charge in [0.1, 0.15) is 11.5 Å². The fourth-order valence-corrected chi connectivity index (χ4v) is 0.822. The van der Waals surface area contributed by atoms with Crippen molar-refractivity contribution < 1.29 is 14.3 Å². The number of ether oxygens (including phenoxy) is 2. The van der Waals surface area contributed by atoms with Crippen LogP contribution in [0.25, 0.3) is 0 Å². The SMILES string of the molecule is C=CC(=O)Oc1cccc(OC)c1. The lowest BCUT2D eigenvalue weighted by Crippen LogP contribution is -2.02. The molecule has 13 heavy (non-hydrogen) atoms. The second-order valence-electron chi connectivity index (χ2n) is 2.30. The highest BCUT2D eigenvalue weighted by atomic mass is 16.5. The van der Waals surface area contributed by atoms with E-state index in [0.29, 0.717) is 11.5 Å². The van der Waals surface area contributed by atoms with Crippen molar-refractivity contribution in [2.75, 3.05) is 7.11 Å². The molecule has 1 aromatic carbocycles. The van der Waals surface area contributed by atoms with Crippen molar-refractivity contribution >= 4 is 5.97 Å². The Labute approximate surface area is 76.6 Å². The van der Waals surface area contributed by atoms with Crippen LogP contribution in [0.15, 0.2) is 36.9 Å². The van der Waals surface area contributed by atoms with E-state index in [2.05, 4.69) is 6.58 Å². The third-order valence-corrected chi connectivity index (χ3v) is 1.43. The summed E-state index contributed by atoms with van der Waals surface area (Å²) < 4.78 is 9.82. The summed E-state index contributed by atoms with van der Waals surface area (Å²) in [5.74, 6) is 0.617. The normalized spacial score (nSPS) is 9.00. The molecule has 0 fully saturated rings. The van der Waals surface area contributed by atoms with Gasteiger partial charge in [0, 0.05) is 12.1 Å². The highest BCUT2D eigenvalue weighted by Gasteiger charge is 1.99. The highest BCUT2D eigenvalue weighted by molar-refractivity contribution is 5.83. The molecule has 0 aromatic heterocycles. The van der Waals surface area contributed by atoms with Crippen LogP contribution >= 0.6 is 0 Å². The molecule has 68 valence electrons. The quantitative estimate of drug-likeness (QED) is 0.402. The second-order valence-corrected chi connectivity index (χ2v) is 2.30. The van der Waals surface area contributed by atoms with Crippen LogP contribution in [0.1, 0.15) is 0 Å². The molecule has 0 heterocycles. The van der Waals surface area contributed by atoms with Crippen LogP contribution in [0, 0.1) is 0 Å². The smallest absolute Gasteiger partial charge is 0.335 e. The molecule has 0 amide bonds. The first kappa shape index (κ1) is 9.32. The second kappa shape index (κ2) is 4.30. The Hall–Kier alpha value is -1.77. The molecule has 1 rings (SSSR count). The third kappa shape index (κ3) is 2.63. The van der Waals surface area contributed by atoms with Crippen molar-refractivity contribution in [3.05, 3.63) is 36.9 Å². The number of benzene rings is 1. The lowest BCUT2D eigenvalue weighted by atomic mass is 10.3. The highest BCUT2D eigenvalue weighted by Crippen LogP contribution is 2.18. The van der Waals surface area contributed by atoms with Crippen LogP contribution in [-0.2, 0) is 4.79 Å². The van der Waals surface area contributed by atoms with Gasteiger partial charge in [-0.3, -0.25) is 0 Å². The van der Waals surface area contributed by atoms with E-state index in [0.717, 1.165) is 6.08 Å². The number of hydrogen-bond acceptors (Lipinski definition) is 3. The maximum atomic E-state index is 10.8. The Morgan fingerprint density at radius 1 is 1.46 bits per heavy atom. The molecule has 0 aliphatic carbocycles. The van der Waals surface area contributed by atoms with E-state index in [1.54, 1.807) is 31.4 Å². The molecule has 3 heteroatoms. The zero-order chi connectivity index (χ0) is 9.68. The predicted octanol–water partition coefficient (Wildman–Crippen LogP) is 1.79. The fraction of sp³-hybridized carbons (Fsp3) is 0.100. The topological polar surface area (TPSA) is 35.5 Å². The number of methoxy groups -OCH3 is 1. The van der Waals surface area contributed by atoms with E-state index in [9.17, 15) is 4.79 Å². The largest absolute Gasteiger partial charge is 0.497 e. The van der Waals surface area contributed by atoms with Gasteiger partial charge in [-0.15, -0.1) is 0 Å². The van der Waals surface area contributed by atoms with E-state index >= 15 is 0 Å². The van der Waals surface area contributed by atoms with E-state index in [1.165, 1.54) is 0 Å². The number of rotatable bonds is 3. The summed E-state index contributed by atoms with van der Waals surface area (Å²) >= 11 is 0. The van der Waals surface area contributed by atoms with Crippen molar-refractivity contribution in [1.29, 1.82) is 0 Å².